The summed E-state index contributed by atoms with van der Waals surface area (Å²) in [5.41, 5.74) is 8.06. The van der Waals surface area contributed by atoms with Gasteiger partial charge in [0.15, 0.2) is 0 Å². The Morgan fingerprint density at radius 3 is 2.25 bits per heavy atom. The number of benzene rings is 4. The van der Waals surface area contributed by atoms with Crippen molar-refractivity contribution in [1.82, 2.24) is 9.99 Å². The Morgan fingerprint density at radius 1 is 0.886 bits per heavy atom. The van der Waals surface area contributed by atoms with Crippen molar-refractivity contribution < 1.29 is 13.2 Å². The second-order valence-corrected chi connectivity index (χ2v) is 13.0. The van der Waals surface area contributed by atoms with Crippen molar-refractivity contribution in [2.75, 3.05) is 4.31 Å². The van der Waals surface area contributed by atoms with E-state index in [-0.39, 0.29) is 22.7 Å². The monoisotopic (exact) mass is 644 g/mol. The third kappa shape index (κ3) is 6.58. The molecule has 0 aliphatic heterocycles. The standard InChI is InChI=1S/C34H30Cl2N4O3S/c1-23-12-18-29(19-13-23)44(42,43)39(22-26-14-16-28(35)17-15-26)32-10-6-4-8-30(32)34(41)38-37-21-27-20-24(2)40(25(27)3)33-11-7-5-9-31(33)36/h4-21H,22H2,1-3H3,(H,38,41)/b37-21+. The number of nitrogens with one attached hydrogen (secondary N) is 1. The number of nitrogens with zero attached hydrogens (tertiary/aromatic N) is 3. The van der Waals surface area contributed by atoms with Crippen LogP contribution in [0.1, 0.15) is 38.4 Å². The lowest BCUT2D eigenvalue weighted by Gasteiger charge is -2.26. The maximum atomic E-state index is 14.0. The maximum absolute atomic E-state index is 14.0. The van der Waals surface area contributed by atoms with Gasteiger partial charge in [0.2, 0.25) is 0 Å². The number of para-hydroxylation sites is 2. The summed E-state index contributed by atoms with van der Waals surface area (Å²) in [5.74, 6) is -0.558. The summed E-state index contributed by atoms with van der Waals surface area (Å²) in [4.78, 5) is 13.6. The molecule has 0 fully saturated rings. The van der Waals surface area contributed by atoms with Crippen molar-refractivity contribution >= 4 is 51.0 Å². The van der Waals surface area contributed by atoms with E-state index >= 15 is 0 Å². The molecule has 7 nitrogen and oxygen atoms in total. The summed E-state index contributed by atoms with van der Waals surface area (Å²) in [6, 6.07) is 29.6. The highest BCUT2D eigenvalue weighted by Gasteiger charge is 2.28. The molecular formula is C34H30Cl2N4O3S. The molecule has 0 saturated heterocycles. The number of hydrogen-bond acceptors (Lipinski definition) is 4. The highest BCUT2D eigenvalue weighted by Crippen LogP contribution is 2.30. The largest absolute Gasteiger partial charge is 0.316 e. The van der Waals surface area contributed by atoms with Gasteiger partial charge >= 0.3 is 0 Å². The van der Waals surface area contributed by atoms with E-state index in [0.29, 0.717) is 15.6 Å². The Morgan fingerprint density at radius 2 is 1.55 bits per heavy atom. The van der Waals surface area contributed by atoms with Gasteiger partial charge in [-0.05, 0) is 80.9 Å². The third-order valence-corrected chi connectivity index (χ3v) is 9.54. The zero-order chi connectivity index (χ0) is 31.4. The molecule has 5 rings (SSSR count). The summed E-state index contributed by atoms with van der Waals surface area (Å²) in [6.07, 6.45) is 1.56. The molecular weight excluding hydrogens is 615 g/mol. The van der Waals surface area contributed by atoms with E-state index in [4.69, 9.17) is 23.2 Å². The minimum Gasteiger partial charge on any atom is -0.316 e. The molecule has 1 amide bonds. The molecule has 0 radical (unpaired) electrons. The van der Waals surface area contributed by atoms with Crippen LogP contribution < -0.4 is 9.73 Å². The number of sulfonamides is 1. The Kier molecular flexibility index (Phi) is 9.25. The summed E-state index contributed by atoms with van der Waals surface area (Å²) in [7, 11) is -4.07. The number of anilines is 1. The van der Waals surface area contributed by atoms with Crippen LogP contribution in [0.5, 0.6) is 0 Å². The molecule has 0 saturated carbocycles. The highest BCUT2D eigenvalue weighted by atomic mass is 35.5. The van der Waals surface area contributed by atoms with Crippen LogP contribution in [0, 0.1) is 20.8 Å². The number of halogens is 2. The van der Waals surface area contributed by atoms with Crippen LogP contribution in [0.25, 0.3) is 5.69 Å². The minimum atomic E-state index is -4.07. The van der Waals surface area contributed by atoms with Crippen molar-refractivity contribution in [1.29, 1.82) is 0 Å². The summed E-state index contributed by atoms with van der Waals surface area (Å²) in [5, 5.41) is 5.37. The molecule has 0 atom stereocenters. The lowest BCUT2D eigenvalue weighted by atomic mass is 10.1. The zero-order valence-electron chi connectivity index (χ0n) is 24.3. The Balaban J connectivity index is 1.47. The molecule has 0 unspecified atom stereocenters. The number of aryl methyl sites for hydroxylation is 2. The first-order valence-corrected chi connectivity index (χ1v) is 16.0. The van der Waals surface area contributed by atoms with E-state index in [0.717, 1.165) is 28.2 Å². The van der Waals surface area contributed by atoms with Gasteiger partial charge in [-0.2, -0.15) is 5.10 Å². The van der Waals surface area contributed by atoms with Crippen molar-refractivity contribution in [3.63, 3.8) is 0 Å². The van der Waals surface area contributed by atoms with Gasteiger partial charge in [0.05, 0.1) is 39.6 Å². The second-order valence-electron chi connectivity index (χ2n) is 10.3. The van der Waals surface area contributed by atoms with Gasteiger partial charge < -0.3 is 4.57 Å². The highest BCUT2D eigenvalue weighted by molar-refractivity contribution is 7.92. The SMILES string of the molecule is Cc1ccc(S(=O)(=O)N(Cc2ccc(Cl)cc2)c2ccccc2C(=O)N/N=C/c2cc(C)n(-c3ccccc3Cl)c2C)cc1. The van der Waals surface area contributed by atoms with Gasteiger partial charge in [-0.25, -0.2) is 13.8 Å². The van der Waals surface area contributed by atoms with E-state index in [1.54, 1.807) is 79.0 Å². The van der Waals surface area contributed by atoms with Gasteiger partial charge in [-0.3, -0.25) is 9.10 Å². The van der Waals surface area contributed by atoms with Gasteiger partial charge in [0.25, 0.3) is 15.9 Å². The molecule has 0 aliphatic carbocycles. The molecule has 1 aromatic heterocycles. The lowest BCUT2D eigenvalue weighted by molar-refractivity contribution is 0.0955. The molecule has 1 N–H and O–H groups in total. The summed E-state index contributed by atoms with van der Waals surface area (Å²) in [6.45, 7) is 5.77. The first-order valence-electron chi connectivity index (χ1n) is 13.8. The number of hydrogen-bond donors (Lipinski definition) is 1. The summed E-state index contributed by atoms with van der Waals surface area (Å²) < 4.78 is 31.3. The average molecular weight is 646 g/mol. The number of amides is 1. The molecule has 0 aliphatic rings. The molecule has 224 valence electrons. The fourth-order valence-corrected chi connectivity index (χ4v) is 6.74. The quantitative estimate of drug-likeness (QED) is 0.131. The number of rotatable bonds is 9. The van der Waals surface area contributed by atoms with Crippen molar-refractivity contribution in [3.05, 3.63) is 147 Å². The fraction of sp³-hybridized carbons (Fsp3) is 0.118. The molecule has 0 bridgehead atoms. The normalized spacial score (nSPS) is 11.6. The van der Waals surface area contributed by atoms with Gasteiger partial charge in [0.1, 0.15) is 0 Å². The molecule has 44 heavy (non-hydrogen) atoms. The van der Waals surface area contributed by atoms with Crippen molar-refractivity contribution in [3.8, 4) is 5.69 Å². The van der Waals surface area contributed by atoms with E-state index in [1.807, 2.05) is 55.7 Å². The van der Waals surface area contributed by atoms with E-state index < -0.39 is 15.9 Å². The number of carbonyl (C=O) groups excluding carboxylic acids is 1. The van der Waals surface area contributed by atoms with Gasteiger partial charge in [-0.15, -0.1) is 0 Å². The first kappa shape index (κ1) is 31.1. The van der Waals surface area contributed by atoms with Crippen LogP contribution in [-0.2, 0) is 16.6 Å². The van der Waals surface area contributed by atoms with Gasteiger partial charge in [0, 0.05) is 22.0 Å². The number of hydrazone groups is 1. The predicted octanol–water partition coefficient (Wildman–Crippen LogP) is 7.87. The van der Waals surface area contributed by atoms with Crippen LogP contribution in [-0.4, -0.2) is 25.1 Å². The van der Waals surface area contributed by atoms with Crippen molar-refractivity contribution in [2.45, 2.75) is 32.2 Å². The van der Waals surface area contributed by atoms with Crippen LogP contribution in [0.15, 0.2) is 113 Å². The Hall–Kier alpha value is -4.37. The van der Waals surface area contributed by atoms with Crippen LogP contribution >= 0.6 is 23.2 Å². The van der Waals surface area contributed by atoms with Gasteiger partial charge in [-0.1, -0.05) is 77.3 Å². The van der Waals surface area contributed by atoms with Crippen LogP contribution in [0.3, 0.4) is 0 Å². The molecule has 4 aromatic carbocycles. The lowest BCUT2D eigenvalue weighted by Crippen LogP contribution is -2.33. The minimum absolute atomic E-state index is 0.0189. The van der Waals surface area contributed by atoms with Crippen LogP contribution in [0.2, 0.25) is 10.0 Å². The van der Waals surface area contributed by atoms with E-state index in [9.17, 15) is 13.2 Å². The third-order valence-electron chi connectivity index (χ3n) is 7.20. The molecule has 1 heterocycles. The van der Waals surface area contributed by atoms with Crippen LogP contribution in [0.4, 0.5) is 5.69 Å². The second kappa shape index (κ2) is 13.1. The summed E-state index contributed by atoms with van der Waals surface area (Å²) >= 11 is 12.5. The number of carbonyl (C=O) groups is 1. The molecule has 5 aromatic rings. The van der Waals surface area contributed by atoms with E-state index in [2.05, 4.69) is 10.5 Å². The van der Waals surface area contributed by atoms with Crippen molar-refractivity contribution in [2.24, 2.45) is 5.10 Å². The Bertz CT molecular complexity index is 1950. The topological polar surface area (TPSA) is 83.8 Å². The fourth-order valence-electron chi connectivity index (χ4n) is 4.92. The maximum Gasteiger partial charge on any atom is 0.273 e. The molecule has 0 spiro atoms. The number of aromatic nitrogens is 1. The first-order chi connectivity index (χ1) is 21.1. The van der Waals surface area contributed by atoms with E-state index in [1.165, 1.54) is 4.31 Å². The predicted molar refractivity (Wildman–Crippen MR) is 178 cm³/mol. The molecule has 10 heteroatoms. The smallest absolute Gasteiger partial charge is 0.273 e. The Labute approximate surface area is 267 Å². The average Bonchev–Trinajstić information content (AvgIpc) is 3.29. The zero-order valence-corrected chi connectivity index (χ0v) is 26.7.